The number of hydrogen-bond donors (Lipinski definition) is 0. The monoisotopic (exact) mass is 154 g/mol. The first-order valence-corrected chi connectivity index (χ1v) is 5.13. The molecular weight excluding hydrogens is 132 g/mol. The van der Waals surface area contributed by atoms with Crippen LogP contribution in [0.1, 0.15) is 47.0 Å². The highest BCUT2D eigenvalue weighted by Gasteiger charge is 2.28. The number of hydrogen-bond acceptors (Lipinski definition) is 0. The van der Waals surface area contributed by atoms with E-state index in [0.29, 0.717) is 0 Å². The van der Waals surface area contributed by atoms with Crippen molar-refractivity contribution in [1.82, 2.24) is 0 Å². The predicted molar refractivity (Wildman–Crippen MR) is 50.5 cm³/mol. The van der Waals surface area contributed by atoms with Crippen LogP contribution in [0.2, 0.25) is 0 Å². The molecule has 0 nitrogen and oxygen atoms in total. The SMILES string of the molecule is CC(C)C1CCC[C@@H](C)[C@H]1C. The Hall–Kier alpha value is 0. The van der Waals surface area contributed by atoms with Crippen LogP contribution in [-0.4, -0.2) is 0 Å². The van der Waals surface area contributed by atoms with Crippen LogP contribution < -0.4 is 0 Å². The summed E-state index contributed by atoms with van der Waals surface area (Å²) in [6.45, 7) is 9.60. The average molecular weight is 154 g/mol. The minimum absolute atomic E-state index is 0.896. The van der Waals surface area contributed by atoms with Crippen molar-refractivity contribution in [3.8, 4) is 0 Å². The van der Waals surface area contributed by atoms with Crippen LogP contribution in [-0.2, 0) is 0 Å². The summed E-state index contributed by atoms with van der Waals surface area (Å²) in [4.78, 5) is 0. The average Bonchev–Trinajstić information content (AvgIpc) is 1.94. The van der Waals surface area contributed by atoms with Crippen molar-refractivity contribution in [2.24, 2.45) is 23.7 Å². The van der Waals surface area contributed by atoms with Gasteiger partial charge in [-0.05, 0) is 30.1 Å². The van der Waals surface area contributed by atoms with Gasteiger partial charge < -0.3 is 0 Å². The summed E-state index contributed by atoms with van der Waals surface area (Å²) in [5.74, 6) is 3.83. The van der Waals surface area contributed by atoms with Crippen molar-refractivity contribution in [2.75, 3.05) is 0 Å². The first kappa shape index (κ1) is 9.09. The molecule has 0 spiro atoms. The van der Waals surface area contributed by atoms with E-state index in [-0.39, 0.29) is 0 Å². The molecule has 0 aliphatic heterocycles. The lowest BCUT2D eigenvalue weighted by atomic mass is 9.69. The van der Waals surface area contributed by atoms with Gasteiger partial charge in [-0.2, -0.15) is 0 Å². The second-order valence-electron chi connectivity index (χ2n) is 4.68. The van der Waals surface area contributed by atoms with Crippen molar-refractivity contribution in [3.05, 3.63) is 0 Å². The summed E-state index contributed by atoms with van der Waals surface area (Å²) in [6, 6.07) is 0. The van der Waals surface area contributed by atoms with Crippen molar-refractivity contribution in [3.63, 3.8) is 0 Å². The van der Waals surface area contributed by atoms with Crippen molar-refractivity contribution in [1.29, 1.82) is 0 Å². The Bertz CT molecular complexity index is 115. The van der Waals surface area contributed by atoms with Crippen LogP contribution in [0, 0.1) is 23.7 Å². The molecular formula is C11H22. The van der Waals surface area contributed by atoms with Crippen molar-refractivity contribution in [2.45, 2.75) is 47.0 Å². The molecule has 1 rings (SSSR count). The van der Waals surface area contributed by atoms with Gasteiger partial charge in [0.1, 0.15) is 0 Å². The Morgan fingerprint density at radius 3 is 2.18 bits per heavy atom. The van der Waals surface area contributed by atoms with Gasteiger partial charge in [-0.3, -0.25) is 0 Å². The van der Waals surface area contributed by atoms with Gasteiger partial charge in [0.05, 0.1) is 0 Å². The topological polar surface area (TPSA) is 0 Å². The lowest BCUT2D eigenvalue weighted by Gasteiger charge is -2.36. The smallest absolute Gasteiger partial charge is 0.0363 e. The Morgan fingerprint density at radius 2 is 1.73 bits per heavy atom. The predicted octanol–water partition coefficient (Wildman–Crippen LogP) is 3.71. The third-order valence-electron chi connectivity index (χ3n) is 3.63. The Labute approximate surface area is 71.4 Å². The van der Waals surface area contributed by atoms with Gasteiger partial charge in [0.25, 0.3) is 0 Å². The summed E-state index contributed by atoms with van der Waals surface area (Å²) >= 11 is 0. The molecule has 0 heteroatoms. The molecule has 66 valence electrons. The molecule has 0 aromatic rings. The molecule has 0 bridgehead atoms. The quantitative estimate of drug-likeness (QED) is 0.540. The summed E-state index contributed by atoms with van der Waals surface area (Å²) in [5, 5.41) is 0. The summed E-state index contributed by atoms with van der Waals surface area (Å²) in [6.07, 6.45) is 4.40. The minimum Gasteiger partial charge on any atom is -0.0625 e. The molecule has 1 unspecified atom stereocenters. The van der Waals surface area contributed by atoms with Gasteiger partial charge in [-0.25, -0.2) is 0 Å². The molecule has 1 aliphatic carbocycles. The second-order valence-corrected chi connectivity index (χ2v) is 4.68. The highest BCUT2D eigenvalue weighted by molar-refractivity contribution is 4.78. The fraction of sp³-hybridized carbons (Fsp3) is 1.00. The lowest BCUT2D eigenvalue weighted by molar-refractivity contribution is 0.139. The maximum Gasteiger partial charge on any atom is -0.0363 e. The van der Waals surface area contributed by atoms with Crippen LogP contribution in [0.25, 0.3) is 0 Å². The van der Waals surface area contributed by atoms with Gasteiger partial charge in [-0.1, -0.05) is 40.5 Å². The maximum absolute atomic E-state index is 2.44. The van der Waals surface area contributed by atoms with E-state index in [1.807, 2.05) is 0 Å². The number of rotatable bonds is 1. The van der Waals surface area contributed by atoms with E-state index in [4.69, 9.17) is 0 Å². The highest BCUT2D eigenvalue weighted by atomic mass is 14.3. The normalized spacial score (nSPS) is 39.5. The van der Waals surface area contributed by atoms with Gasteiger partial charge in [0, 0.05) is 0 Å². The Morgan fingerprint density at radius 1 is 1.09 bits per heavy atom. The van der Waals surface area contributed by atoms with E-state index in [1.54, 1.807) is 0 Å². The van der Waals surface area contributed by atoms with Crippen LogP contribution in [0.4, 0.5) is 0 Å². The third-order valence-corrected chi connectivity index (χ3v) is 3.63. The zero-order chi connectivity index (χ0) is 8.43. The maximum atomic E-state index is 2.44. The van der Waals surface area contributed by atoms with Crippen molar-refractivity contribution >= 4 is 0 Å². The van der Waals surface area contributed by atoms with Crippen LogP contribution in [0.5, 0.6) is 0 Å². The van der Waals surface area contributed by atoms with Crippen LogP contribution in [0.15, 0.2) is 0 Å². The molecule has 0 heterocycles. The summed E-state index contributed by atoms with van der Waals surface area (Å²) < 4.78 is 0. The van der Waals surface area contributed by atoms with Gasteiger partial charge >= 0.3 is 0 Å². The zero-order valence-electron chi connectivity index (χ0n) is 8.43. The third kappa shape index (κ3) is 1.98. The van der Waals surface area contributed by atoms with Crippen LogP contribution in [0.3, 0.4) is 0 Å². The molecule has 1 fully saturated rings. The first-order valence-electron chi connectivity index (χ1n) is 5.13. The fourth-order valence-electron chi connectivity index (χ4n) is 2.56. The molecule has 0 radical (unpaired) electrons. The molecule has 1 aliphatic rings. The summed E-state index contributed by atoms with van der Waals surface area (Å²) in [7, 11) is 0. The molecule has 1 saturated carbocycles. The van der Waals surface area contributed by atoms with E-state index in [9.17, 15) is 0 Å². The second kappa shape index (κ2) is 3.60. The molecule has 0 N–H and O–H groups in total. The van der Waals surface area contributed by atoms with E-state index >= 15 is 0 Å². The first-order chi connectivity index (χ1) is 5.13. The van der Waals surface area contributed by atoms with E-state index in [0.717, 1.165) is 23.7 Å². The van der Waals surface area contributed by atoms with E-state index < -0.39 is 0 Å². The Kier molecular flexibility index (Phi) is 2.98. The molecule has 3 atom stereocenters. The summed E-state index contributed by atoms with van der Waals surface area (Å²) in [5.41, 5.74) is 0. The Balaban J connectivity index is 2.51. The molecule has 0 saturated heterocycles. The zero-order valence-corrected chi connectivity index (χ0v) is 8.43. The van der Waals surface area contributed by atoms with Gasteiger partial charge in [-0.15, -0.1) is 0 Å². The molecule has 0 aromatic heterocycles. The van der Waals surface area contributed by atoms with Crippen LogP contribution >= 0.6 is 0 Å². The van der Waals surface area contributed by atoms with E-state index in [2.05, 4.69) is 27.7 Å². The largest absolute Gasteiger partial charge is 0.0625 e. The molecule has 0 aromatic carbocycles. The van der Waals surface area contributed by atoms with Gasteiger partial charge in [0.15, 0.2) is 0 Å². The molecule has 11 heavy (non-hydrogen) atoms. The minimum atomic E-state index is 0.896. The van der Waals surface area contributed by atoms with Gasteiger partial charge in [0.2, 0.25) is 0 Å². The highest BCUT2D eigenvalue weighted by Crippen LogP contribution is 2.38. The van der Waals surface area contributed by atoms with Crippen molar-refractivity contribution < 1.29 is 0 Å². The molecule has 0 amide bonds. The lowest BCUT2D eigenvalue weighted by Crippen LogP contribution is -2.27. The fourth-order valence-corrected chi connectivity index (χ4v) is 2.56. The standard InChI is InChI=1S/C11H22/c1-8(2)11-7-5-6-9(3)10(11)4/h8-11H,5-7H2,1-4H3/t9-,10-,11?/m1/s1. The van der Waals surface area contributed by atoms with E-state index in [1.165, 1.54) is 19.3 Å².